The second-order valence-corrected chi connectivity index (χ2v) is 5.60. The van der Waals surface area contributed by atoms with E-state index in [1.807, 2.05) is 0 Å². The fraction of sp³-hybridized carbons (Fsp3) is 0.714. The van der Waals surface area contributed by atoms with Crippen molar-refractivity contribution in [3.8, 4) is 0 Å². The number of carbonyl (C=O) groups excluding carboxylic acids is 2. The van der Waals surface area contributed by atoms with Gasteiger partial charge in [0.1, 0.15) is 12.4 Å². The number of ketones is 1. The van der Waals surface area contributed by atoms with E-state index < -0.39 is 5.41 Å². The minimum Gasteiger partial charge on any atom is -0.461 e. The number of nitrogens with zero attached hydrogens (tertiary/aromatic N) is 3. The van der Waals surface area contributed by atoms with Crippen molar-refractivity contribution in [3.05, 3.63) is 22.1 Å². The molecular weight excluding hydrogens is 258 g/mol. The van der Waals surface area contributed by atoms with E-state index in [1.54, 1.807) is 33.8 Å². The zero-order chi connectivity index (χ0) is 15.8. The van der Waals surface area contributed by atoms with Gasteiger partial charge in [0, 0.05) is 17.4 Å². The molecule has 0 fully saturated rings. The highest BCUT2D eigenvalue weighted by Crippen LogP contribution is 2.20. The van der Waals surface area contributed by atoms with Crippen molar-refractivity contribution in [2.24, 2.45) is 16.4 Å². The van der Waals surface area contributed by atoms with Crippen LogP contribution < -0.4 is 0 Å². The molecule has 20 heavy (non-hydrogen) atoms. The molecule has 0 radical (unpaired) electrons. The molecular formula is C14H23N3O3. The molecule has 0 saturated heterocycles. The summed E-state index contributed by atoms with van der Waals surface area (Å²) in [6.45, 7) is 8.93. The van der Waals surface area contributed by atoms with Crippen molar-refractivity contribution in [3.63, 3.8) is 0 Å². The molecule has 0 N–H and O–H groups in total. The zero-order valence-corrected chi connectivity index (χ0v) is 12.8. The van der Waals surface area contributed by atoms with Gasteiger partial charge in [-0.05, 0) is 52.1 Å². The lowest BCUT2D eigenvalue weighted by atomic mass is 9.92. The van der Waals surface area contributed by atoms with Crippen LogP contribution >= 0.6 is 0 Å². The maximum Gasteiger partial charge on any atom is 0.311 e. The van der Waals surface area contributed by atoms with E-state index in [0.29, 0.717) is 6.42 Å². The molecule has 0 saturated carbocycles. The van der Waals surface area contributed by atoms with Crippen molar-refractivity contribution >= 4 is 11.8 Å². The first-order chi connectivity index (χ1) is 9.23. The Kier molecular flexibility index (Phi) is 7.62. The van der Waals surface area contributed by atoms with Crippen LogP contribution in [0.25, 0.3) is 10.4 Å². The molecule has 1 unspecified atom stereocenters. The summed E-state index contributed by atoms with van der Waals surface area (Å²) in [7, 11) is 0. The Bertz CT molecular complexity index is 429. The van der Waals surface area contributed by atoms with E-state index in [9.17, 15) is 9.59 Å². The Morgan fingerprint density at radius 1 is 1.40 bits per heavy atom. The van der Waals surface area contributed by atoms with Crippen LogP contribution in [-0.2, 0) is 14.3 Å². The van der Waals surface area contributed by atoms with E-state index in [1.165, 1.54) is 6.92 Å². The number of hydrogen-bond donors (Lipinski definition) is 0. The van der Waals surface area contributed by atoms with Gasteiger partial charge in [-0.3, -0.25) is 9.59 Å². The Labute approximate surface area is 119 Å². The van der Waals surface area contributed by atoms with Crippen molar-refractivity contribution in [1.82, 2.24) is 0 Å². The average Bonchev–Trinajstić information content (AvgIpc) is 2.35. The second kappa shape index (κ2) is 8.38. The third kappa shape index (κ3) is 6.38. The smallest absolute Gasteiger partial charge is 0.311 e. The molecule has 0 aliphatic rings. The van der Waals surface area contributed by atoms with E-state index in [-0.39, 0.29) is 30.8 Å². The highest BCUT2D eigenvalue weighted by molar-refractivity contribution is 5.81. The summed E-state index contributed by atoms with van der Waals surface area (Å²) >= 11 is 0. The van der Waals surface area contributed by atoms with Crippen LogP contribution in [0.3, 0.4) is 0 Å². The third-order valence-electron chi connectivity index (χ3n) is 2.87. The molecule has 1 atom stereocenters. The van der Waals surface area contributed by atoms with Crippen LogP contribution in [0.1, 0.15) is 41.0 Å². The summed E-state index contributed by atoms with van der Waals surface area (Å²) in [5.41, 5.74) is 8.43. The Morgan fingerprint density at radius 3 is 2.40 bits per heavy atom. The first-order valence-electron chi connectivity index (χ1n) is 6.57. The molecule has 0 bridgehead atoms. The third-order valence-corrected chi connectivity index (χ3v) is 2.87. The predicted molar refractivity (Wildman–Crippen MR) is 77.0 cm³/mol. The van der Waals surface area contributed by atoms with Gasteiger partial charge < -0.3 is 4.74 Å². The number of azide groups is 1. The van der Waals surface area contributed by atoms with Gasteiger partial charge in [0.05, 0.1) is 5.41 Å². The summed E-state index contributed by atoms with van der Waals surface area (Å²) in [6.07, 6.45) is 2.20. The Morgan fingerprint density at radius 2 is 2.00 bits per heavy atom. The van der Waals surface area contributed by atoms with Crippen LogP contribution in [-0.4, -0.2) is 24.9 Å². The highest BCUT2D eigenvalue weighted by atomic mass is 16.5. The predicted octanol–water partition coefficient (Wildman–Crippen LogP) is 3.43. The van der Waals surface area contributed by atoms with Gasteiger partial charge in [-0.25, -0.2) is 0 Å². The van der Waals surface area contributed by atoms with Crippen molar-refractivity contribution in [2.45, 2.75) is 41.0 Å². The average molecular weight is 281 g/mol. The lowest BCUT2D eigenvalue weighted by Crippen LogP contribution is -2.26. The summed E-state index contributed by atoms with van der Waals surface area (Å²) < 4.78 is 5.23. The van der Waals surface area contributed by atoms with Crippen molar-refractivity contribution in [1.29, 1.82) is 0 Å². The van der Waals surface area contributed by atoms with Crippen molar-refractivity contribution < 1.29 is 14.3 Å². The van der Waals surface area contributed by atoms with Crippen LogP contribution in [0.4, 0.5) is 0 Å². The number of allylic oxidation sites excluding steroid dienone is 1. The lowest BCUT2D eigenvalue weighted by Gasteiger charge is -2.20. The molecule has 0 spiro atoms. The normalized spacial score (nSPS) is 13.3. The van der Waals surface area contributed by atoms with E-state index in [0.717, 1.165) is 5.57 Å². The fourth-order valence-corrected chi connectivity index (χ4v) is 1.63. The van der Waals surface area contributed by atoms with Gasteiger partial charge in [-0.15, -0.1) is 0 Å². The number of hydrogen-bond acceptors (Lipinski definition) is 4. The molecule has 0 aromatic rings. The van der Waals surface area contributed by atoms with Gasteiger partial charge in [0.2, 0.25) is 0 Å². The number of rotatable bonds is 7. The van der Waals surface area contributed by atoms with E-state index in [4.69, 9.17) is 10.3 Å². The maximum atomic E-state index is 11.7. The molecule has 0 aliphatic carbocycles. The standard InChI is InChI=1S/C14H23N3O3/c1-6-11(9-20-13(19)14(3,4)5)12(10(2)18)7-8-16-17-15/h6,12H,7-9H2,1-5H3/b11-6-. The lowest BCUT2D eigenvalue weighted by molar-refractivity contribution is -0.152. The largest absolute Gasteiger partial charge is 0.461 e. The fourth-order valence-electron chi connectivity index (χ4n) is 1.63. The van der Waals surface area contributed by atoms with Gasteiger partial charge in [-0.2, -0.15) is 0 Å². The van der Waals surface area contributed by atoms with Crippen LogP contribution in [0.5, 0.6) is 0 Å². The molecule has 0 aliphatic heterocycles. The van der Waals surface area contributed by atoms with Crippen LogP contribution in [0.15, 0.2) is 16.8 Å². The quantitative estimate of drug-likeness (QED) is 0.235. The van der Waals surface area contributed by atoms with Gasteiger partial charge in [-0.1, -0.05) is 11.2 Å². The topological polar surface area (TPSA) is 92.1 Å². The number of carbonyl (C=O) groups is 2. The Hall–Kier alpha value is -1.81. The Balaban J connectivity index is 4.73. The SMILES string of the molecule is C/C=C(/COC(=O)C(C)(C)C)C(CCN=[N+]=[N-])C(C)=O. The first kappa shape index (κ1) is 18.2. The molecule has 0 heterocycles. The molecule has 0 aromatic heterocycles. The van der Waals surface area contributed by atoms with Crippen LogP contribution in [0, 0.1) is 11.3 Å². The number of esters is 1. The summed E-state index contributed by atoms with van der Waals surface area (Å²) in [5.74, 6) is -0.717. The molecule has 0 amide bonds. The molecule has 0 rings (SSSR count). The van der Waals surface area contributed by atoms with Gasteiger partial charge in [0.25, 0.3) is 0 Å². The monoisotopic (exact) mass is 281 g/mol. The summed E-state index contributed by atoms with van der Waals surface area (Å²) in [5, 5.41) is 3.44. The van der Waals surface area contributed by atoms with Gasteiger partial charge >= 0.3 is 5.97 Å². The summed E-state index contributed by atoms with van der Waals surface area (Å²) in [6, 6.07) is 0. The molecule has 112 valence electrons. The van der Waals surface area contributed by atoms with Crippen LogP contribution in [0.2, 0.25) is 0 Å². The van der Waals surface area contributed by atoms with Crippen molar-refractivity contribution in [2.75, 3.05) is 13.2 Å². The number of Topliss-reactive ketones (excluding diaryl/α,β-unsaturated/α-hetero) is 1. The van der Waals surface area contributed by atoms with E-state index >= 15 is 0 Å². The maximum absolute atomic E-state index is 11.7. The first-order valence-corrected chi connectivity index (χ1v) is 6.57. The van der Waals surface area contributed by atoms with Gasteiger partial charge in [0.15, 0.2) is 0 Å². The molecule has 0 aromatic carbocycles. The molecule has 6 heteroatoms. The molecule has 6 nitrogen and oxygen atoms in total. The highest BCUT2D eigenvalue weighted by Gasteiger charge is 2.25. The number of ether oxygens (including phenoxy) is 1. The zero-order valence-electron chi connectivity index (χ0n) is 12.8. The minimum atomic E-state index is -0.574. The minimum absolute atomic E-state index is 0.0296. The van der Waals surface area contributed by atoms with E-state index in [2.05, 4.69) is 10.0 Å². The second-order valence-electron chi connectivity index (χ2n) is 5.60. The summed E-state index contributed by atoms with van der Waals surface area (Å²) in [4.78, 5) is 26.1.